The van der Waals surface area contributed by atoms with E-state index in [9.17, 15) is 4.79 Å². The summed E-state index contributed by atoms with van der Waals surface area (Å²) in [5.41, 5.74) is 1.78. The van der Waals surface area contributed by atoms with Gasteiger partial charge in [0.1, 0.15) is 6.33 Å². The monoisotopic (exact) mass is 354 g/mol. The summed E-state index contributed by atoms with van der Waals surface area (Å²) < 4.78 is 1.66. The van der Waals surface area contributed by atoms with Crippen LogP contribution in [-0.4, -0.2) is 56.7 Å². The number of hydrogen-bond donors (Lipinski definition) is 1. The van der Waals surface area contributed by atoms with Crippen LogP contribution in [0.1, 0.15) is 48.0 Å². The Kier molecular flexibility index (Phi) is 5.24. The highest BCUT2D eigenvalue weighted by Gasteiger charge is 2.32. The van der Waals surface area contributed by atoms with Gasteiger partial charge in [-0.3, -0.25) is 4.79 Å². The maximum absolute atomic E-state index is 12.5. The largest absolute Gasteiger partial charge is 0.352 e. The van der Waals surface area contributed by atoms with Crippen molar-refractivity contribution in [2.45, 2.75) is 44.7 Å². The molecule has 138 valence electrons. The highest BCUT2D eigenvalue weighted by atomic mass is 16.1. The lowest BCUT2D eigenvalue weighted by Crippen LogP contribution is -2.51. The van der Waals surface area contributed by atoms with E-state index < -0.39 is 0 Å². The number of piperidine rings is 2. The third kappa shape index (κ3) is 3.93. The molecule has 1 aromatic heterocycles. The molecule has 2 aromatic rings. The summed E-state index contributed by atoms with van der Waals surface area (Å²) in [6.45, 7) is 3.86. The van der Waals surface area contributed by atoms with Crippen molar-refractivity contribution in [3.05, 3.63) is 41.7 Å². The standard InChI is InChI=1S/C19H26N6O/c26-19(16-8-6-15(7-9-16)13-25-14-21-22-23-25)20-12-17-4-3-11-24-10-2-1-5-18(17)24/h6-9,14,17-18H,1-5,10-13H2,(H,20,26)/t17-,18-/m0/s1. The summed E-state index contributed by atoms with van der Waals surface area (Å²) in [5, 5.41) is 14.3. The van der Waals surface area contributed by atoms with Crippen LogP contribution >= 0.6 is 0 Å². The molecule has 2 fully saturated rings. The minimum absolute atomic E-state index is 0.0203. The van der Waals surface area contributed by atoms with Crippen molar-refractivity contribution in [1.82, 2.24) is 30.4 Å². The number of fused-ring (bicyclic) bond motifs is 1. The van der Waals surface area contributed by atoms with E-state index in [4.69, 9.17) is 0 Å². The van der Waals surface area contributed by atoms with Gasteiger partial charge in [0.2, 0.25) is 0 Å². The Bertz CT molecular complexity index is 712. The highest BCUT2D eigenvalue weighted by molar-refractivity contribution is 5.94. The van der Waals surface area contributed by atoms with Gasteiger partial charge in [-0.15, -0.1) is 5.10 Å². The maximum Gasteiger partial charge on any atom is 0.251 e. The lowest BCUT2D eigenvalue weighted by Gasteiger charge is -2.44. The molecule has 2 aliphatic heterocycles. The van der Waals surface area contributed by atoms with Gasteiger partial charge in [-0.2, -0.15) is 0 Å². The highest BCUT2D eigenvalue weighted by Crippen LogP contribution is 2.30. The quantitative estimate of drug-likeness (QED) is 0.885. The molecular formula is C19H26N6O. The Balaban J connectivity index is 1.31. The number of carbonyl (C=O) groups is 1. The molecule has 7 heteroatoms. The fraction of sp³-hybridized carbons (Fsp3) is 0.579. The van der Waals surface area contributed by atoms with E-state index in [1.807, 2.05) is 24.3 Å². The van der Waals surface area contributed by atoms with Gasteiger partial charge in [0.25, 0.3) is 5.91 Å². The number of tetrazole rings is 1. The van der Waals surface area contributed by atoms with E-state index >= 15 is 0 Å². The van der Waals surface area contributed by atoms with Gasteiger partial charge in [-0.1, -0.05) is 18.6 Å². The Morgan fingerprint density at radius 2 is 1.96 bits per heavy atom. The molecule has 0 unspecified atom stereocenters. The summed E-state index contributed by atoms with van der Waals surface area (Å²) >= 11 is 0. The molecule has 2 atom stereocenters. The summed E-state index contributed by atoms with van der Waals surface area (Å²) in [4.78, 5) is 15.1. The van der Waals surface area contributed by atoms with Crippen molar-refractivity contribution in [3.8, 4) is 0 Å². The van der Waals surface area contributed by atoms with Crippen LogP contribution in [0.15, 0.2) is 30.6 Å². The Morgan fingerprint density at radius 1 is 1.12 bits per heavy atom. The van der Waals surface area contributed by atoms with Gasteiger partial charge < -0.3 is 10.2 Å². The lowest BCUT2D eigenvalue weighted by molar-refractivity contribution is 0.0575. The van der Waals surface area contributed by atoms with Crippen LogP contribution in [0.3, 0.4) is 0 Å². The third-order valence-electron chi connectivity index (χ3n) is 5.71. The molecule has 3 heterocycles. The van der Waals surface area contributed by atoms with Crippen molar-refractivity contribution < 1.29 is 4.79 Å². The van der Waals surface area contributed by atoms with Gasteiger partial charge >= 0.3 is 0 Å². The van der Waals surface area contributed by atoms with E-state index in [-0.39, 0.29) is 5.91 Å². The molecule has 2 aliphatic rings. The molecular weight excluding hydrogens is 328 g/mol. The molecule has 2 saturated heterocycles. The average molecular weight is 354 g/mol. The number of benzene rings is 1. The van der Waals surface area contributed by atoms with E-state index in [2.05, 4.69) is 25.7 Å². The van der Waals surface area contributed by atoms with Crippen LogP contribution in [0.25, 0.3) is 0 Å². The average Bonchev–Trinajstić information content (AvgIpc) is 3.19. The molecule has 1 aromatic carbocycles. The number of carbonyl (C=O) groups excluding carboxylic acids is 1. The second kappa shape index (κ2) is 7.95. The van der Waals surface area contributed by atoms with Crippen molar-refractivity contribution in [3.63, 3.8) is 0 Å². The second-order valence-electron chi connectivity index (χ2n) is 7.42. The molecule has 0 saturated carbocycles. The maximum atomic E-state index is 12.5. The van der Waals surface area contributed by atoms with Crippen LogP contribution in [-0.2, 0) is 6.54 Å². The number of nitrogens with one attached hydrogen (secondary N) is 1. The van der Waals surface area contributed by atoms with Crippen molar-refractivity contribution in [1.29, 1.82) is 0 Å². The summed E-state index contributed by atoms with van der Waals surface area (Å²) in [6, 6.07) is 8.34. The number of nitrogens with zero attached hydrogens (tertiary/aromatic N) is 5. The smallest absolute Gasteiger partial charge is 0.251 e. The Morgan fingerprint density at radius 3 is 2.77 bits per heavy atom. The lowest BCUT2D eigenvalue weighted by atomic mass is 9.83. The fourth-order valence-corrected chi connectivity index (χ4v) is 4.34. The minimum Gasteiger partial charge on any atom is -0.352 e. The first kappa shape index (κ1) is 17.1. The summed E-state index contributed by atoms with van der Waals surface area (Å²) in [7, 11) is 0. The van der Waals surface area contributed by atoms with E-state index in [1.165, 1.54) is 45.2 Å². The van der Waals surface area contributed by atoms with Gasteiger partial charge in [-0.25, -0.2) is 4.68 Å². The first-order chi connectivity index (χ1) is 12.8. The van der Waals surface area contributed by atoms with Gasteiger partial charge in [0, 0.05) is 18.2 Å². The number of rotatable bonds is 5. The molecule has 0 spiro atoms. The predicted molar refractivity (Wildman–Crippen MR) is 97.6 cm³/mol. The van der Waals surface area contributed by atoms with E-state index in [0.717, 1.165) is 12.1 Å². The van der Waals surface area contributed by atoms with Crippen molar-refractivity contribution in [2.75, 3.05) is 19.6 Å². The first-order valence-corrected chi connectivity index (χ1v) is 9.61. The van der Waals surface area contributed by atoms with Gasteiger partial charge in [0.15, 0.2) is 0 Å². The molecule has 4 rings (SSSR count). The topological polar surface area (TPSA) is 75.9 Å². The number of amides is 1. The van der Waals surface area contributed by atoms with Crippen LogP contribution < -0.4 is 5.32 Å². The first-order valence-electron chi connectivity index (χ1n) is 9.61. The van der Waals surface area contributed by atoms with Crippen molar-refractivity contribution >= 4 is 5.91 Å². The SMILES string of the molecule is O=C(NC[C@@H]1CCCN2CCCC[C@@H]12)c1ccc(Cn2cnnn2)cc1. The molecule has 0 bridgehead atoms. The van der Waals surface area contributed by atoms with Crippen LogP contribution in [0.2, 0.25) is 0 Å². The van der Waals surface area contributed by atoms with E-state index in [1.54, 1.807) is 11.0 Å². The van der Waals surface area contributed by atoms with Gasteiger partial charge in [-0.05, 0) is 72.8 Å². The Labute approximate surface area is 153 Å². The molecule has 7 nitrogen and oxygen atoms in total. The predicted octanol–water partition coefficient (Wildman–Crippen LogP) is 1.72. The van der Waals surface area contributed by atoms with Crippen LogP contribution in [0, 0.1) is 5.92 Å². The van der Waals surface area contributed by atoms with Crippen LogP contribution in [0.5, 0.6) is 0 Å². The number of aromatic nitrogens is 4. The van der Waals surface area contributed by atoms with Gasteiger partial charge in [0.05, 0.1) is 6.54 Å². The van der Waals surface area contributed by atoms with E-state index in [0.29, 0.717) is 24.1 Å². The molecule has 1 amide bonds. The zero-order valence-corrected chi connectivity index (χ0v) is 15.0. The minimum atomic E-state index is 0.0203. The number of hydrogen-bond acceptors (Lipinski definition) is 5. The zero-order chi connectivity index (χ0) is 17.8. The Hall–Kier alpha value is -2.28. The normalized spacial score (nSPS) is 23.4. The molecule has 0 radical (unpaired) electrons. The van der Waals surface area contributed by atoms with Crippen LogP contribution in [0.4, 0.5) is 0 Å². The fourth-order valence-electron chi connectivity index (χ4n) is 4.34. The zero-order valence-electron chi connectivity index (χ0n) is 15.0. The summed E-state index contributed by atoms with van der Waals surface area (Å²) in [6.07, 6.45) is 8.00. The molecule has 26 heavy (non-hydrogen) atoms. The molecule has 1 N–H and O–H groups in total. The second-order valence-corrected chi connectivity index (χ2v) is 7.42. The third-order valence-corrected chi connectivity index (χ3v) is 5.71. The summed E-state index contributed by atoms with van der Waals surface area (Å²) in [5.74, 6) is 0.610. The van der Waals surface area contributed by atoms with Crippen molar-refractivity contribution in [2.24, 2.45) is 5.92 Å². The molecule has 0 aliphatic carbocycles.